The van der Waals surface area contributed by atoms with E-state index in [1.54, 1.807) is 0 Å². The highest BCUT2D eigenvalue weighted by Gasteiger charge is 2.02. The molecule has 0 aliphatic rings. The van der Waals surface area contributed by atoms with Crippen molar-refractivity contribution < 1.29 is 0 Å². The van der Waals surface area contributed by atoms with Crippen LogP contribution in [0.1, 0.15) is 11.3 Å². The van der Waals surface area contributed by atoms with Gasteiger partial charge in [-0.15, -0.1) is 0 Å². The van der Waals surface area contributed by atoms with Crippen molar-refractivity contribution in [1.82, 2.24) is 19.3 Å². The minimum atomic E-state index is 0.811. The fourth-order valence-corrected chi connectivity index (χ4v) is 2.15. The van der Waals surface area contributed by atoms with Crippen LogP contribution in [0.15, 0.2) is 49.1 Å². The van der Waals surface area contributed by atoms with Gasteiger partial charge in [0, 0.05) is 31.3 Å². The predicted molar refractivity (Wildman–Crippen MR) is 71.5 cm³/mol. The zero-order valence-corrected chi connectivity index (χ0v) is 10.4. The molecule has 0 bridgehead atoms. The molecule has 0 fully saturated rings. The first-order chi connectivity index (χ1) is 8.85. The quantitative estimate of drug-likeness (QED) is 0.756. The second-order valence-corrected chi connectivity index (χ2v) is 4.42. The van der Waals surface area contributed by atoms with Gasteiger partial charge < -0.3 is 14.3 Å². The summed E-state index contributed by atoms with van der Waals surface area (Å²) in [5.74, 6) is 0. The highest BCUT2D eigenvalue weighted by atomic mass is 15.0. The van der Waals surface area contributed by atoms with Crippen LogP contribution in [0.4, 0.5) is 0 Å². The topological polar surface area (TPSA) is 34.3 Å². The zero-order chi connectivity index (χ0) is 12.4. The number of nitrogens with zero attached hydrogens (tertiary/aromatic N) is 3. The Balaban J connectivity index is 1.82. The van der Waals surface area contributed by atoms with Gasteiger partial charge in [0.15, 0.2) is 0 Å². The number of nitrogens with one attached hydrogen (secondary N) is 1. The molecule has 3 heterocycles. The Morgan fingerprint density at radius 3 is 2.94 bits per heavy atom. The summed E-state index contributed by atoms with van der Waals surface area (Å²) in [6, 6.07) is 8.17. The number of fused-ring (bicyclic) bond motifs is 1. The van der Waals surface area contributed by atoms with Crippen LogP contribution in [-0.2, 0) is 13.1 Å². The average Bonchev–Trinajstić information content (AvgIpc) is 2.96. The van der Waals surface area contributed by atoms with Crippen LogP contribution in [0.25, 0.3) is 5.65 Å². The summed E-state index contributed by atoms with van der Waals surface area (Å²) in [6.07, 6.45) is 8.35. The molecule has 3 rings (SSSR count). The lowest BCUT2D eigenvalue weighted by molar-refractivity contribution is 0.770. The molecule has 0 unspecified atom stereocenters. The summed E-state index contributed by atoms with van der Waals surface area (Å²) < 4.78 is 4.21. The van der Waals surface area contributed by atoms with Crippen molar-refractivity contribution in [2.75, 3.05) is 7.05 Å². The lowest BCUT2D eigenvalue weighted by Crippen LogP contribution is -2.04. The Labute approximate surface area is 106 Å². The van der Waals surface area contributed by atoms with Crippen molar-refractivity contribution in [3.05, 3.63) is 60.3 Å². The largest absolute Gasteiger partial charge is 0.348 e. The third-order valence-corrected chi connectivity index (χ3v) is 2.95. The SMILES string of the molecule is CNCc1ccn(Cc2cn3ccccc3n2)c1. The number of rotatable bonds is 4. The molecule has 4 nitrogen and oxygen atoms in total. The number of imidazole rings is 1. The molecule has 92 valence electrons. The number of hydrogen-bond acceptors (Lipinski definition) is 2. The van der Waals surface area contributed by atoms with Gasteiger partial charge in [0.2, 0.25) is 0 Å². The zero-order valence-electron chi connectivity index (χ0n) is 10.4. The average molecular weight is 240 g/mol. The Morgan fingerprint density at radius 2 is 2.11 bits per heavy atom. The maximum Gasteiger partial charge on any atom is 0.137 e. The minimum Gasteiger partial charge on any atom is -0.348 e. The maximum absolute atomic E-state index is 4.59. The first kappa shape index (κ1) is 11.0. The Hall–Kier alpha value is -2.07. The molecule has 1 N–H and O–H groups in total. The molecular weight excluding hydrogens is 224 g/mol. The maximum atomic E-state index is 4.59. The van der Waals surface area contributed by atoms with Crippen molar-refractivity contribution >= 4 is 5.65 Å². The van der Waals surface area contributed by atoms with Gasteiger partial charge in [-0.2, -0.15) is 0 Å². The van der Waals surface area contributed by atoms with Crippen LogP contribution in [-0.4, -0.2) is 21.0 Å². The van der Waals surface area contributed by atoms with E-state index in [4.69, 9.17) is 0 Å². The van der Waals surface area contributed by atoms with E-state index in [2.05, 4.69) is 39.5 Å². The monoisotopic (exact) mass is 240 g/mol. The standard InChI is InChI=1S/C14H16N4/c1-15-8-12-5-7-17(9-12)10-13-11-18-6-3-2-4-14(18)16-13/h2-7,9,11,15H,8,10H2,1H3. The Kier molecular flexibility index (Phi) is 2.86. The first-order valence-electron chi connectivity index (χ1n) is 6.07. The van der Waals surface area contributed by atoms with Gasteiger partial charge in [-0.25, -0.2) is 4.98 Å². The van der Waals surface area contributed by atoms with Gasteiger partial charge in [-0.3, -0.25) is 0 Å². The van der Waals surface area contributed by atoms with Crippen LogP contribution in [0.2, 0.25) is 0 Å². The summed E-state index contributed by atoms with van der Waals surface area (Å²) in [5, 5.41) is 3.15. The summed E-state index contributed by atoms with van der Waals surface area (Å²) in [4.78, 5) is 4.59. The van der Waals surface area contributed by atoms with E-state index in [0.29, 0.717) is 0 Å². The van der Waals surface area contributed by atoms with Crippen molar-refractivity contribution in [2.24, 2.45) is 0 Å². The molecule has 0 radical (unpaired) electrons. The van der Waals surface area contributed by atoms with Gasteiger partial charge in [-0.05, 0) is 30.8 Å². The van der Waals surface area contributed by atoms with E-state index in [9.17, 15) is 0 Å². The fraction of sp³-hybridized carbons (Fsp3) is 0.214. The molecular formula is C14H16N4. The Morgan fingerprint density at radius 1 is 1.17 bits per heavy atom. The summed E-state index contributed by atoms with van der Waals surface area (Å²) in [6.45, 7) is 1.71. The van der Waals surface area contributed by atoms with Crippen molar-refractivity contribution in [3.8, 4) is 0 Å². The molecule has 0 saturated carbocycles. The molecule has 0 spiro atoms. The molecule has 0 aromatic carbocycles. The predicted octanol–water partition coefficient (Wildman–Crippen LogP) is 1.90. The second-order valence-electron chi connectivity index (χ2n) is 4.42. The fourth-order valence-electron chi connectivity index (χ4n) is 2.15. The van der Waals surface area contributed by atoms with Crippen LogP contribution < -0.4 is 5.32 Å². The molecule has 0 aliphatic heterocycles. The first-order valence-corrected chi connectivity index (χ1v) is 6.07. The van der Waals surface area contributed by atoms with Gasteiger partial charge in [0.05, 0.1) is 12.2 Å². The van der Waals surface area contributed by atoms with Gasteiger partial charge >= 0.3 is 0 Å². The third kappa shape index (κ3) is 2.15. The smallest absolute Gasteiger partial charge is 0.137 e. The van der Waals surface area contributed by atoms with E-state index < -0.39 is 0 Å². The van der Waals surface area contributed by atoms with E-state index in [1.165, 1.54) is 5.56 Å². The molecule has 3 aromatic rings. The molecule has 18 heavy (non-hydrogen) atoms. The van der Waals surface area contributed by atoms with E-state index >= 15 is 0 Å². The number of hydrogen-bond donors (Lipinski definition) is 1. The lowest BCUT2D eigenvalue weighted by atomic mass is 10.3. The number of pyridine rings is 1. The van der Waals surface area contributed by atoms with Crippen LogP contribution in [0.3, 0.4) is 0 Å². The highest BCUT2D eigenvalue weighted by molar-refractivity contribution is 5.39. The van der Waals surface area contributed by atoms with Crippen LogP contribution in [0.5, 0.6) is 0 Å². The minimum absolute atomic E-state index is 0.811. The summed E-state index contributed by atoms with van der Waals surface area (Å²) >= 11 is 0. The molecule has 3 aromatic heterocycles. The summed E-state index contributed by atoms with van der Waals surface area (Å²) in [5.41, 5.74) is 3.36. The van der Waals surface area contributed by atoms with E-state index in [0.717, 1.165) is 24.4 Å². The molecule has 0 saturated heterocycles. The summed E-state index contributed by atoms with van der Waals surface area (Å²) in [7, 11) is 1.96. The van der Waals surface area contributed by atoms with Crippen LogP contribution in [0, 0.1) is 0 Å². The molecule has 4 heteroatoms. The van der Waals surface area contributed by atoms with Crippen molar-refractivity contribution in [1.29, 1.82) is 0 Å². The molecule has 0 amide bonds. The molecule has 0 atom stereocenters. The third-order valence-electron chi connectivity index (χ3n) is 2.95. The van der Waals surface area contributed by atoms with Gasteiger partial charge in [0.1, 0.15) is 5.65 Å². The molecule has 0 aliphatic carbocycles. The second kappa shape index (κ2) is 4.66. The Bertz CT molecular complexity index is 617. The lowest BCUT2D eigenvalue weighted by Gasteiger charge is -1.98. The van der Waals surface area contributed by atoms with Crippen LogP contribution >= 0.6 is 0 Å². The van der Waals surface area contributed by atoms with E-state index in [1.807, 2.05) is 35.8 Å². The highest BCUT2D eigenvalue weighted by Crippen LogP contribution is 2.08. The van der Waals surface area contributed by atoms with Gasteiger partial charge in [0.25, 0.3) is 0 Å². The number of aromatic nitrogens is 3. The van der Waals surface area contributed by atoms with Gasteiger partial charge in [-0.1, -0.05) is 6.07 Å². The van der Waals surface area contributed by atoms with Crippen molar-refractivity contribution in [3.63, 3.8) is 0 Å². The van der Waals surface area contributed by atoms with E-state index in [-0.39, 0.29) is 0 Å². The normalized spacial score (nSPS) is 11.2. The van der Waals surface area contributed by atoms with Crippen molar-refractivity contribution in [2.45, 2.75) is 13.1 Å².